The molecule has 0 aromatic heterocycles. The van der Waals surface area contributed by atoms with Gasteiger partial charge in [-0.05, 0) is 37.0 Å². The monoisotopic (exact) mass is 193 g/mol. The van der Waals surface area contributed by atoms with Crippen molar-refractivity contribution in [1.29, 1.82) is 0 Å². The Labute approximate surface area is 81.9 Å². The second-order valence-corrected chi connectivity index (χ2v) is 3.70. The summed E-state index contributed by atoms with van der Waals surface area (Å²) in [6.45, 7) is 1.77. The zero-order valence-electron chi connectivity index (χ0n) is 8.06. The molecule has 1 aliphatic carbocycles. The molecule has 0 fully saturated rings. The van der Waals surface area contributed by atoms with E-state index in [4.69, 9.17) is 5.73 Å². The molecule has 3 heteroatoms. The number of hydrogen-bond acceptors (Lipinski definition) is 2. The van der Waals surface area contributed by atoms with Gasteiger partial charge in [0.1, 0.15) is 5.82 Å². The molecule has 0 unspecified atom stereocenters. The van der Waals surface area contributed by atoms with Gasteiger partial charge in [-0.3, -0.25) is 4.79 Å². The first-order chi connectivity index (χ1) is 6.61. The zero-order chi connectivity index (χ0) is 10.3. The molecule has 1 aromatic carbocycles. The van der Waals surface area contributed by atoms with Crippen molar-refractivity contribution in [2.24, 2.45) is 0 Å². The van der Waals surface area contributed by atoms with Crippen molar-refractivity contribution in [3.05, 3.63) is 28.6 Å². The fraction of sp³-hybridized carbons (Fsp3) is 0.364. The summed E-state index contributed by atoms with van der Waals surface area (Å²) < 4.78 is 13.5. The molecule has 1 aromatic rings. The number of rotatable bonds is 0. The van der Waals surface area contributed by atoms with Crippen molar-refractivity contribution in [1.82, 2.24) is 0 Å². The summed E-state index contributed by atoms with van der Waals surface area (Å²) in [4.78, 5) is 11.6. The molecule has 0 radical (unpaired) electrons. The lowest BCUT2D eigenvalue weighted by atomic mass is 9.86. The van der Waals surface area contributed by atoms with Crippen LogP contribution in [0.15, 0.2) is 6.07 Å². The molecule has 2 N–H and O–H groups in total. The highest BCUT2D eigenvalue weighted by Gasteiger charge is 2.23. The van der Waals surface area contributed by atoms with Gasteiger partial charge in [-0.2, -0.15) is 0 Å². The summed E-state index contributed by atoms with van der Waals surface area (Å²) in [6, 6.07) is 1.31. The third kappa shape index (κ3) is 1.20. The van der Waals surface area contributed by atoms with Gasteiger partial charge in [0.25, 0.3) is 0 Å². The number of hydrogen-bond donors (Lipinski definition) is 1. The van der Waals surface area contributed by atoms with Crippen LogP contribution in [0.4, 0.5) is 10.1 Å². The highest BCUT2D eigenvalue weighted by Crippen LogP contribution is 2.29. The molecule has 0 aliphatic heterocycles. The third-order valence-corrected chi connectivity index (χ3v) is 2.79. The van der Waals surface area contributed by atoms with Crippen LogP contribution in [0.25, 0.3) is 0 Å². The van der Waals surface area contributed by atoms with Gasteiger partial charge in [0.2, 0.25) is 0 Å². The highest BCUT2D eigenvalue weighted by atomic mass is 19.1. The maximum atomic E-state index is 13.5. The van der Waals surface area contributed by atoms with Crippen LogP contribution in [0.1, 0.15) is 34.3 Å². The Morgan fingerprint density at radius 3 is 2.86 bits per heavy atom. The average Bonchev–Trinajstić information content (AvgIpc) is 2.14. The summed E-state index contributed by atoms with van der Waals surface area (Å²) in [5, 5.41) is 0. The molecule has 0 bridgehead atoms. The van der Waals surface area contributed by atoms with Crippen molar-refractivity contribution in [3.63, 3.8) is 0 Å². The number of halogens is 1. The number of carbonyl (C=O) groups is 1. The fourth-order valence-corrected chi connectivity index (χ4v) is 1.99. The molecule has 0 spiro atoms. The lowest BCUT2D eigenvalue weighted by molar-refractivity contribution is 0.0971. The van der Waals surface area contributed by atoms with Crippen LogP contribution in [-0.4, -0.2) is 5.78 Å². The molecule has 0 saturated heterocycles. The average molecular weight is 193 g/mol. The number of fused-ring (bicyclic) bond motifs is 1. The second kappa shape index (κ2) is 3.08. The van der Waals surface area contributed by atoms with E-state index in [-0.39, 0.29) is 11.6 Å². The first kappa shape index (κ1) is 9.19. The minimum atomic E-state index is -0.337. The lowest BCUT2D eigenvalue weighted by Crippen LogP contribution is -2.15. The molecule has 2 nitrogen and oxygen atoms in total. The Morgan fingerprint density at radius 2 is 2.14 bits per heavy atom. The van der Waals surface area contributed by atoms with Crippen molar-refractivity contribution in [2.45, 2.75) is 26.2 Å². The summed E-state index contributed by atoms with van der Waals surface area (Å²) in [7, 11) is 0. The quantitative estimate of drug-likeness (QED) is 0.642. The molecule has 74 valence electrons. The molecule has 1 aliphatic rings. The van der Waals surface area contributed by atoms with Gasteiger partial charge >= 0.3 is 0 Å². The number of nitrogens with two attached hydrogens (primary N) is 1. The van der Waals surface area contributed by atoms with Crippen LogP contribution in [-0.2, 0) is 6.42 Å². The number of ketones is 1. The van der Waals surface area contributed by atoms with Crippen molar-refractivity contribution >= 4 is 11.5 Å². The van der Waals surface area contributed by atoms with Crippen molar-refractivity contribution in [3.8, 4) is 0 Å². The Bertz CT molecular complexity index is 412. The topological polar surface area (TPSA) is 43.1 Å². The molecule has 0 amide bonds. The SMILES string of the molecule is Cc1c(N)cc(F)c2c1C(=O)CCC2. The van der Waals surface area contributed by atoms with Gasteiger partial charge in [-0.15, -0.1) is 0 Å². The Kier molecular flexibility index (Phi) is 2.02. The van der Waals surface area contributed by atoms with Gasteiger partial charge in [0.15, 0.2) is 5.78 Å². The van der Waals surface area contributed by atoms with E-state index in [1.807, 2.05) is 0 Å². The molecule has 2 rings (SSSR count). The van der Waals surface area contributed by atoms with E-state index in [1.165, 1.54) is 6.07 Å². The maximum Gasteiger partial charge on any atom is 0.163 e. The summed E-state index contributed by atoms with van der Waals surface area (Å²) >= 11 is 0. The van der Waals surface area contributed by atoms with Crippen LogP contribution >= 0.6 is 0 Å². The molecule has 0 atom stereocenters. The Morgan fingerprint density at radius 1 is 1.43 bits per heavy atom. The number of carbonyl (C=O) groups excluding carboxylic acids is 1. The lowest BCUT2D eigenvalue weighted by Gasteiger charge is -2.18. The first-order valence-corrected chi connectivity index (χ1v) is 4.72. The minimum absolute atomic E-state index is 0.0231. The summed E-state index contributed by atoms with van der Waals surface area (Å²) in [5.41, 5.74) is 7.79. The largest absolute Gasteiger partial charge is 0.398 e. The maximum absolute atomic E-state index is 13.5. The fourth-order valence-electron chi connectivity index (χ4n) is 1.99. The van der Waals surface area contributed by atoms with E-state index < -0.39 is 0 Å². The first-order valence-electron chi connectivity index (χ1n) is 4.72. The summed E-state index contributed by atoms with van der Waals surface area (Å²) in [5.74, 6) is -0.314. The molecule has 0 heterocycles. The van der Waals surface area contributed by atoms with Crippen LogP contribution in [0, 0.1) is 12.7 Å². The normalized spacial score (nSPS) is 15.4. The van der Waals surface area contributed by atoms with Crippen LogP contribution < -0.4 is 5.73 Å². The molecule has 0 saturated carbocycles. The standard InChI is InChI=1S/C11H12FNO/c1-6-9(13)5-8(12)7-3-2-4-10(14)11(6)7/h5H,2-4,13H2,1H3. The van der Waals surface area contributed by atoms with Crippen molar-refractivity contribution in [2.75, 3.05) is 5.73 Å². The smallest absolute Gasteiger partial charge is 0.163 e. The van der Waals surface area contributed by atoms with Gasteiger partial charge in [0.05, 0.1) is 0 Å². The van der Waals surface area contributed by atoms with E-state index >= 15 is 0 Å². The van der Waals surface area contributed by atoms with Crippen LogP contribution in [0.2, 0.25) is 0 Å². The van der Waals surface area contributed by atoms with Crippen molar-refractivity contribution < 1.29 is 9.18 Å². The van der Waals surface area contributed by atoms with E-state index in [0.29, 0.717) is 29.7 Å². The predicted molar refractivity (Wildman–Crippen MR) is 52.8 cm³/mol. The molecular weight excluding hydrogens is 181 g/mol. The van der Waals surface area contributed by atoms with Gasteiger partial charge < -0.3 is 5.73 Å². The van der Waals surface area contributed by atoms with E-state index in [0.717, 1.165) is 12.0 Å². The minimum Gasteiger partial charge on any atom is -0.398 e. The molecular formula is C11H12FNO. The summed E-state index contributed by atoms with van der Waals surface area (Å²) in [6.07, 6.45) is 1.90. The predicted octanol–water partition coefficient (Wildman–Crippen LogP) is 2.24. The van der Waals surface area contributed by atoms with E-state index in [2.05, 4.69) is 0 Å². The second-order valence-electron chi connectivity index (χ2n) is 3.70. The number of benzene rings is 1. The van der Waals surface area contributed by atoms with Gasteiger partial charge in [-0.25, -0.2) is 4.39 Å². The Balaban J connectivity index is 2.73. The van der Waals surface area contributed by atoms with Gasteiger partial charge in [-0.1, -0.05) is 0 Å². The molecule has 14 heavy (non-hydrogen) atoms. The van der Waals surface area contributed by atoms with Crippen LogP contribution in [0.5, 0.6) is 0 Å². The van der Waals surface area contributed by atoms with Gasteiger partial charge in [0, 0.05) is 17.7 Å². The number of anilines is 1. The van der Waals surface area contributed by atoms with Crippen LogP contribution in [0.3, 0.4) is 0 Å². The zero-order valence-corrected chi connectivity index (χ0v) is 8.06. The number of Topliss-reactive ketones (excluding diaryl/α,β-unsaturated/α-hetero) is 1. The van der Waals surface area contributed by atoms with E-state index in [9.17, 15) is 9.18 Å². The number of nitrogen functional groups attached to an aromatic ring is 1. The van der Waals surface area contributed by atoms with E-state index in [1.54, 1.807) is 6.92 Å². The third-order valence-electron chi connectivity index (χ3n) is 2.79. The Hall–Kier alpha value is -1.38. The highest BCUT2D eigenvalue weighted by molar-refractivity contribution is 6.01.